The molecule has 1 saturated carbocycles. The van der Waals surface area contributed by atoms with Gasteiger partial charge in [0.15, 0.2) is 0 Å². The van der Waals surface area contributed by atoms with Gasteiger partial charge >= 0.3 is 0 Å². The zero-order valence-electron chi connectivity index (χ0n) is 12.6. The topological polar surface area (TPSA) is 55.1 Å². The van der Waals surface area contributed by atoms with Crippen molar-refractivity contribution in [3.05, 3.63) is 35.9 Å². The van der Waals surface area contributed by atoms with E-state index in [0.717, 1.165) is 18.4 Å². The van der Waals surface area contributed by atoms with Crippen LogP contribution in [-0.4, -0.2) is 11.4 Å². The van der Waals surface area contributed by atoms with Crippen molar-refractivity contribution in [2.24, 2.45) is 11.7 Å². The lowest BCUT2D eigenvalue weighted by Crippen LogP contribution is -2.50. The summed E-state index contributed by atoms with van der Waals surface area (Å²) in [5.74, 6) is -0.137. The van der Waals surface area contributed by atoms with Gasteiger partial charge in [-0.05, 0) is 25.3 Å². The Morgan fingerprint density at radius 1 is 1.20 bits per heavy atom. The molecule has 1 amide bonds. The third-order valence-corrected chi connectivity index (χ3v) is 4.52. The first kappa shape index (κ1) is 15.0. The molecule has 1 aliphatic carbocycles. The van der Waals surface area contributed by atoms with E-state index in [9.17, 15) is 4.79 Å². The SMILES string of the molecule is CC(C(=O)NC1(C)CCCCC1)C(N)c1ccccc1. The molecule has 1 aromatic carbocycles. The summed E-state index contributed by atoms with van der Waals surface area (Å²) in [4.78, 5) is 12.4. The van der Waals surface area contributed by atoms with Gasteiger partial charge in [-0.2, -0.15) is 0 Å². The summed E-state index contributed by atoms with van der Waals surface area (Å²) in [6.07, 6.45) is 5.84. The molecule has 1 fully saturated rings. The number of nitrogens with one attached hydrogen (secondary N) is 1. The highest BCUT2D eigenvalue weighted by Gasteiger charge is 2.31. The van der Waals surface area contributed by atoms with Gasteiger partial charge in [0, 0.05) is 11.6 Å². The molecule has 1 aliphatic rings. The maximum Gasteiger partial charge on any atom is 0.225 e. The fourth-order valence-electron chi connectivity index (χ4n) is 3.00. The lowest BCUT2D eigenvalue weighted by atomic mass is 9.82. The Morgan fingerprint density at radius 3 is 2.40 bits per heavy atom. The van der Waals surface area contributed by atoms with E-state index in [1.807, 2.05) is 37.3 Å². The van der Waals surface area contributed by atoms with Gasteiger partial charge in [-0.25, -0.2) is 0 Å². The molecule has 2 rings (SSSR count). The van der Waals surface area contributed by atoms with Crippen molar-refractivity contribution < 1.29 is 4.79 Å². The standard InChI is InChI=1S/C17H26N2O/c1-13(15(18)14-9-5-3-6-10-14)16(20)19-17(2)11-7-4-8-12-17/h3,5-6,9-10,13,15H,4,7-8,11-12,18H2,1-2H3,(H,19,20). The molecule has 110 valence electrons. The predicted molar refractivity (Wildman–Crippen MR) is 82.2 cm³/mol. The van der Waals surface area contributed by atoms with Crippen LogP contribution in [0.2, 0.25) is 0 Å². The molecule has 3 nitrogen and oxygen atoms in total. The number of rotatable bonds is 4. The van der Waals surface area contributed by atoms with Gasteiger partial charge in [0.1, 0.15) is 0 Å². The first-order valence-corrected chi connectivity index (χ1v) is 7.64. The van der Waals surface area contributed by atoms with E-state index in [1.165, 1.54) is 19.3 Å². The van der Waals surface area contributed by atoms with E-state index in [2.05, 4.69) is 12.2 Å². The Bertz CT molecular complexity index is 438. The summed E-state index contributed by atoms with van der Waals surface area (Å²) in [6.45, 7) is 4.07. The maximum absolute atomic E-state index is 12.4. The van der Waals surface area contributed by atoms with Crippen LogP contribution in [-0.2, 0) is 4.79 Å². The highest BCUT2D eigenvalue weighted by Crippen LogP contribution is 2.28. The molecular formula is C17H26N2O. The van der Waals surface area contributed by atoms with Gasteiger partial charge in [0.05, 0.1) is 5.92 Å². The predicted octanol–water partition coefficient (Wildman–Crippen LogP) is 3.16. The van der Waals surface area contributed by atoms with Crippen molar-refractivity contribution in [3.63, 3.8) is 0 Å². The van der Waals surface area contributed by atoms with E-state index in [1.54, 1.807) is 0 Å². The zero-order valence-corrected chi connectivity index (χ0v) is 12.6. The normalized spacial score (nSPS) is 20.9. The number of carbonyl (C=O) groups is 1. The van der Waals surface area contributed by atoms with Crippen molar-refractivity contribution in [1.29, 1.82) is 0 Å². The second-order valence-electron chi connectivity index (χ2n) is 6.34. The van der Waals surface area contributed by atoms with Crippen LogP contribution in [0.4, 0.5) is 0 Å². The molecule has 0 radical (unpaired) electrons. The van der Waals surface area contributed by atoms with Gasteiger partial charge in [-0.1, -0.05) is 56.5 Å². The van der Waals surface area contributed by atoms with Crippen molar-refractivity contribution in [2.75, 3.05) is 0 Å². The summed E-state index contributed by atoms with van der Waals surface area (Å²) < 4.78 is 0. The number of carbonyl (C=O) groups excluding carboxylic acids is 1. The van der Waals surface area contributed by atoms with Crippen LogP contribution in [0.25, 0.3) is 0 Å². The van der Waals surface area contributed by atoms with Crippen LogP contribution in [0.3, 0.4) is 0 Å². The first-order valence-electron chi connectivity index (χ1n) is 7.64. The highest BCUT2D eigenvalue weighted by atomic mass is 16.2. The van der Waals surface area contributed by atoms with Crippen LogP contribution in [0.15, 0.2) is 30.3 Å². The van der Waals surface area contributed by atoms with Gasteiger partial charge in [0.2, 0.25) is 5.91 Å². The third-order valence-electron chi connectivity index (χ3n) is 4.52. The minimum absolute atomic E-state index is 0.0417. The van der Waals surface area contributed by atoms with Crippen molar-refractivity contribution in [2.45, 2.75) is 57.5 Å². The Morgan fingerprint density at radius 2 is 1.80 bits per heavy atom. The van der Waals surface area contributed by atoms with E-state index in [-0.39, 0.29) is 23.4 Å². The Balaban J connectivity index is 1.98. The number of benzene rings is 1. The van der Waals surface area contributed by atoms with Crippen LogP contribution in [0.1, 0.15) is 57.6 Å². The Kier molecular flexibility index (Phi) is 4.81. The molecule has 1 aromatic rings. The minimum atomic E-state index is -0.247. The molecule has 0 aliphatic heterocycles. The minimum Gasteiger partial charge on any atom is -0.351 e. The second-order valence-corrected chi connectivity index (χ2v) is 6.34. The molecule has 2 unspecified atom stereocenters. The van der Waals surface area contributed by atoms with Crippen LogP contribution in [0, 0.1) is 5.92 Å². The number of hydrogen-bond donors (Lipinski definition) is 2. The quantitative estimate of drug-likeness (QED) is 0.886. The molecule has 0 saturated heterocycles. The lowest BCUT2D eigenvalue weighted by molar-refractivity contribution is -0.127. The summed E-state index contributed by atoms with van der Waals surface area (Å²) in [6, 6.07) is 9.60. The lowest BCUT2D eigenvalue weighted by Gasteiger charge is -2.36. The van der Waals surface area contributed by atoms with Crippen LogP contribution < -0.4 is 11.1 Å². The molecule has 3 heteroatoms. The monoisotopic (exact) mass is 274 g/mol. The summed E-state index contributed by atoms with van der Waals surface area (Å²) in [7, 11) is 0. The first-order chi connectivity index (χ1) is 9.52. The fraction of sp³-hybridized carbons (Fsp3) is 0.588. The van der Waals surface area contributed by atoms with Gasteiger partial charge < -0.3 is 11.1 Å². The van der Waals surface area contributed by atoms with Crippen molar-refractivity contribution >= 4 is 5.91 Å². The van der Waals surface area contributed by atoms with E-state index in [0.29, 0.717) is 0 Å². The largest absolute Gasteiger partial charge is 0.351 e. The summed E-state index contributed by atoms with van der Waals surface area (Å²) in [5, 5.41) is 3.23. The molecule has 2 atom stereocenters. The van der Waals surface area contributed by atoms with Gasteiger partial charge in [-0.3, -0.25) is 4.79 Å². The summed E-state index contributed by atoms with van der Waals surface area (Å²) >= 11 is 0. The molecule has 3 N–H and O–H groups in total. The zero-order chi connectivity index (χ0) is 14.6. The van der Waals surface area contributed by atoms with Gasteiger partial charge in [-0.15, -0.1) is 0 Å². The highest BCUT2D eigenvalue weighted by molar-refractivity contribution is 5.80. The smallest absolute Gasteiger partial charge is 0.225 e. The van der Waals surface area contributed by atoms with E-state index >= 15 is 0 Å². The van der Waals surface area contributed by atoms with Crippen molar-refractivity contribution in [3.8, 4) is 0 Å². The maximum atomic E-state index is 12.4. The molecular weight excluding hydrogens is 248 g/mol. The third kappa shape index (κ3) is 3.60. The summed E-state index contributed by atoms with van der Waals surface area (Å²) in [5.41, 5.74) is 7.20. The Hall–Kier alpha value is -1.35. The average Bonchev–Trinajstić information content (AvgIpc) is 2.47. The van der Waals surface area contributed by atoms with Crippen LogP contribution >= 0.6 is 0 Å². The second kappa shape index (κ2) is 6.40. The van der Waals surface area contributed by atoms with E-state index < -0.39 is 0 Å². The Labute approximate surface area is 121 Å². The fourth-order valence-corrected chi connectivity index (χ4v) is 3.00. The van der Waals surface area contributed by atoms with Crippen LogP contribution in [0.5, 0.6) is 0 Å². The molecule has 20 heavy (non-hydrogen) atoms. The van der Waals surface area contributed by atoms with Gasteiger partial charge in [0.25, 0.3) is 0 Å². The number of hydrogen-bond acceptors (Lipinski definition) is 2. The average molecular weight is 274 g/mol. The van der Waals surface area contributed by atoms with Crippen molar-refractivity contribution in [1.82, 2.24) is 5.32 Å². The molecule has 0 bridgehead atoms. The number of amides is 1. The number of nitrogens with two attached hydrogens (primary N) is 1. The van der Waals surface area contributed by atoms with E-state index in [4.69, 9.17) is 5.73 Å². The molecule has 0 heterocycles. The molecule has 0 spiro atoms. The molecule has 0 aromatic heterocycles.